The third-order valence-corrected chi connectivity index (χ3v) is 2.45. The van der Waals surface area contributed by atoms with Crippen molar-refractivity contribution in [1.29, 1.82) is 0 Å². The molecule has 1 heterocycles. The van der Waals surface area contributed by atoms with Crippen molar-refractivity contribution in [2.45, 2.75) is 44.7 Å². The highest BCUT2D eigenvalue weighted by Crippen LogP contribution is 2.24. The summed E-state index contributed by atoms with van der Waals surface area (Å²) >= 11 is 0. The molecule has 1 saturated heterocycles. The number of rotatable bonds is 2. The third-order valence-electron chi connectivity index (χ3n) is 2.45. The van der Waals surface area contributed by atoms with Gasteiger partial charge >= 0.3 is 0 Å². The van der Waals surface area contributed by atoms with Crippen LogP contribution in [0.1, 0.15) is 20.3 Å². The minimum Gasteiger partial charge on any atom is -0.394 e. The summed E-state index contributed by atoms with van der Waals surface area (Å²) in [6, 6.07) is 0. The van der Waals surface area contributed by atoms with Gasteiger partial charge in [-0.05, 0) is 5.92 Å². The van der Waals surface area contributed by atoms with Crippen LogP contribution in [0.15, 0.2) is 0 Å². The molecule has 0 aromatic carbocycles. The van der Waals surface area contributed by atoms with Crippen LogP contribution in [0, 0.1) is 5.92 Å². The monoisotopic (exact) mass is 190 g/mol. The van der Waals surface area contributed by atoms with Crippen molar-refractivity contribution in [3.8, 4) is 0 Å². The zero-order valence-electron chi connectivity index (χ0n) is 8.05. The van der Waals surface area contributed by atoms with E-state index in [1.54, 1.807) is 0 Å². The highest BCUT2D eigenvalue weighted by Gasteiger charge is 2.37. The molecule has 3 N–H and O–H groups in total. The third kappa shape index (κ3) is 2.40. The summed E-state index contributed by atoms with van der Waals surface area (Å²) < 4.78 is 5.42. The highest BCUT2D eigenvalue weighted by molar-refractivity contribution is 4.86. The number of hydrogen-bond donors (Lipinski definition) is 3. The fourth-order valence-corrected chi connectivity index (χ4v) is 1.66. The van der Waals surface area contributed by atoms with E-state index in [1.165, 1.54) is 0 Å². The van der Waals surface area contributed by atoms with E-state index < -0.39 is 12.2 Å². The average molecular weight is 190 g/mol. The summed E-state index contributed by atoms with van der Waals surface area (Å²) in [5.74, 6) is 0.138. The smallest absolute Gasteiger partial charge is 0.106 e. The van der Waals surface area contributed by atoms with Crippen LogP contribution >= 0.6 is 0 Å². The van der Waals surface area contributed by atoms with Crippen molar-refractivity contribution in [1.82, 2.24) is 0 Å². The molecule has 1 rings (SSSR count). The topological polar surface area (TPSA) is 69.9 Å². The fraction of sp³-hybridized carbons (Fsp3) is 1.00. The van der Waals surface area contributed by atoms with E-state index in [-0.39, 0.29) is 24.7 Å². The van der Waals surface area contributed by atoms with E-state index in [2.05, 4.69) is 0 Å². The Morgan fingerprint density at radius 2 is 2.00 bits per heavy atom. The van der Waals surface area contributed by atoms with Gasteiger partial charge in [0.15, 0.2) is 0 Å². The molecule has 2 unspecified atom stereocenters. The maximum Gasteiger partial charge on any atom is 0.106 e. The lowest BCUT2D eigenvalue weighted by Crippen LogP contribution is -2.51. The zero-order chi connectivity index (χ0) is 10.0. The van der Waals surface area contributed by atoms with Crippen LogP contribution in [0.2, 0.25) is 0 Å². The molecule has 4 heteroatoms. The Hall–Kier alpha value is -0.160. The first kappa shape index (κ1) is 10.9. The summed E-state index contributed by atoms with van der Waals surface area (Å²) in [4.78, 5) is 0. The van der Waals surface area contributed by atoms with Gasteiger partial charge in [-0.25, -0.2) is 0 Å². The van der Waals surface area contributed by atoms with Crippen molar-refractivity contribution in [2.75, 3.05) is 6.61 Å². The van der Waals surface area contributed by atoms with Gasteiger partial charge in [-0.2, -0.15) is 0 Å². The summed E-state index contributed by atoms with van der Waals surface area (Å²) in [5, 5.41) is 27.9. The van der Waals surface area contributed by atoms with Gasteiger partial charge < -0.3 is 20.1 Å². The largest absolute Gasteiger partial charge is 0.394 e. The van der Waals surface area contributed by atoms with Gasteiger partial charge in [0, 0.05) is 6.42 Å². The lowest BCUT2D eigenvalue weighted by molar-refractivity contribution is -0.189. The summed E-state index contributed by atoms with van der Waals surface area (Å²) in [6.07, 6.45) is -2.02. The molecular formula is C9H18O4. The first-order chi connectivity index (χ1) is 6.06. The second-order valence-electron chi connectivity index (χ2n) is 3.94. The Balaban J connectivity index is 2.60. The molecule has 4 nitrogen and oxygen atoms in total. The van der Waals surface area contributed by atoms with E-state index in [1.807, 2.05) is 13.8 Å². The van der Waals surface area contributed by atoms with E-state index >= 15 is 0 Å². The van der Waals surface area contributed by atoms with Gasteiger partial charge in [-0.1, -0.05) is 13.8 Å². The van der Waals surface area contributed by atoms with Gasteiger partial charge in [-0.3, -0.25) is 0 Å². The van der Waals surface area contributed by atoms with Gasteiger partial charge in [0.2, 0.25) is 0 Å². The second-order valence-corrected chi connectivity index (χ2v) is 3.94. The lowest BCUT2D eigenvalue weighted by atomic mass is 9.91. The van der Waals surface area contributed by atoms with Crippen LogP contribution in [0.5, 0.6) is 0 Å². The molecule has 0 aromatic heterocycles. The van der Waals surface area contributed by atoms with Crippen molar-refractivity contribution in [2.24, 2.45) is 5.92 Å². The van der Waals surface area contributed by atoms with Gasteiger partial charge in [0.05, 0.1) is 24.9 Å². The Bertz CT molecular complexity index is 160. The average Bonchev–Trinajstić information content (AvgIpc) is 2.09. The lowest BCUT2D eigenvalue weighted by Gasteiger charge is -2.38. The predicted molar refractivity (Wildman–Crippen MR) is 47.2 cm³/mol. The standard InChI is InChI=1S/C9H18O4/c1-5(2)9-8(12)7(11)3-6(4-10)13-9/h5-12H,3-4H2,1-2H3/t6?,7?,8-,9-/m0/s1. The van der Waals surface area contributed by atoms with Crippen molar-refractivity contribution in [3.63, 3.8) is 0 Å². The normalized spacial score (nSPS) is 41.1. The van der Waals surface area contributed by atoms with Crippen molar-refractivity contribution >= 4 is 0 Å². The second kappa shape index (κ2) is 4.37. The zero-order valence-corrected chi connectivity index (χ0v) is 8.05. The quantitative estimate of drug-likeness (QED) is 0.550. The summed E-state index contributed by atoms with van der Waals surface area (Å²) in [5.41, 5.74) is 0. The Morgan fingerprint density at radius 1 is 1.38 bits per heavy atom. The van der Waals surface area contributed by atoms with E-state index in [4.69, 9.17) is 9.84 Å². The van der Waals surface area contributed by atoms with Crippen LogP contribution in [0.25, 0.3) is 0 Å². The van der Waals surface area contributed by atoms with E-state index in [0.29, 0.717) is 6.42 Å². The van der Waals surface area contributed by atoms with Crippen molar-refractivity contribution in [3.05, 3.63) is 0 Å². The molecule has 1 fully saturated rings. The van der Waals surface area contributed by atoms with Gasteiger partial charge in [-0.15, -0.1) is 0 Å². The maximum absolute atomic E-state index is 9.56. The number of ether oxygens (including phenoxy) is 1. The molecule has 0 radical (unpaired) electrons. The molecule has 0 spiro atoms. The van der Waals surface area contributed by atoms with E-state index in [0.717, 1.165) is 0 Å². The minimum atomic E-state index is -0.831. The molecule has 0 aromatic rings. The molecule has 4 atom stereocenters. The first-order valence-electron chi connectivity index (χ1n) is 4.68. The van der Waals surface area contributed by atoms with Gasteiger partial charge in [0.25, 0.3) is 0 Å². The summed E-state index contributed by atoms with van der Waals surface area (Å²) in [7, 11) is 0. The Labute approximate surface area is 78.1 Å². The predicted octanol–water partition coefficient (Wildman–Crippen LogP) is -0.486. The van der Waals surface area contributed by atoms with Crippen LogP contribution in [0.3, 0.4) is 0 Å². The number of aliphatic hydroxyl groups excluding tert-OH is 3. The molecular weight excluding hydrogens is 172 g/mol. The molecule has 0 saturated carbocycles. The molecule has 0 amide bonds. The molecule has 1 aliphatic heterocycles. The van der Waals surface area contributed by atoms with Crippen LogP contribution in [-0.4, -0.2) is 46.3 Å². The summed E-state index contributed by atoms with van der Waals surface area (Å²) in [6.45, 7) is 3.73. The molecule has 78 valence electrons. The number of hydrogen-bond acceptors (Lipinski definition) is 4. The fourth-order valence-electron chi connectivity index (χ4n) is 1.66. The minimum absolute atomic E-state index is 0.104. The molecule has 0 bridgehead atoms. The molecule has 0 aliphatic carbocycles. The molecule has 13 heavy (non-hydrogen) atoms. The van der Waals surface area contributed by atoms with Crippen LogP contribution in [0.4, 0.5) is 0 Å². The van der Waals surface area contributed by atoms with Crippen molar-refractivity contribution < 1.29 is 20.1 Å². The highest BCUT2D eigenvalue weighted by atomic mass is 16.5. The Morgan fingerprint density at radius 3 is 2.46 bits per heavy atom. The SMILES string of the molecule is CC(C)[C@@H]1OC(CO)CC(O)[C@@H]1O. The van der Waals surface area contributed by atoms with Crippen LogP contribution < -0.4 is 0 Å². The molecule has 1 aliphatic rings. The maximum atomic E-state index is 9.56. The van der Waals surface area contributed by atoms with Crippen LogP contribution in [-0.2, 0) is 4.74 Å². The Kier molecular flexibility index (Phi) is 3.67. The number of aliphatic hydroxyl groups is 3. The first-order valence-corrected chi connectivity index (χ1v) is 4.68. The van der Waals surface area contributed by atoms with Gasteiger partial charge in [0.1, 0.15) is 6.10 Å². The van der Waals surface area contributed by atoms with E-state index in [9.17, 15) is 10.2 Å².